The molecule has 7 nitrogen and oxygen atoms in total. The molecule has 4 rings (SSSR count). The van der Waals surface area contributed by atoms with Crippen LogP contribution in [0.4, 0.5) is 13.2 Å². The van der Waals surface area contributed by atoms with Crippen LogP contribution < -0.4 is 10.6 Å². The van der Waals surface area contributed by atoms with Gasteiger partial charge in [-0.3, -0.25) is 4.79 Å². The second-order valence-corrected chi connectivity index (χ2v) is 11.5. The predicted octanol–water partition coefficient (Wildman–Crippen LogP) is 6.08. The number of rotatable bonds is 12. The first-order chi connectivity index (χ1) is 21.5. The van der Waals surface area contributed by atoms with Crippen molar-refractivity contribution in [1.82, 2.24) is 25.1 Å². The fourth-order valence-electron chi connectivity index (χ4n) is 4.85. The van der Waals surface area contributed by atoms with Gasteiger partial charge in [-0.2, -0.15) is 18.4 Å². The Balaban J connectivity index is 1.49. The fourth-order valence-corrected chi connectivity index (χ4v) is 5.06. The van der Waals surface area contributed by atoms with Crippen LogP contribution in [0.5, 0.6) is 0 Å². The maximum Gasteiger partial charge on any atom is 0.416 e. The van der Waals surface area contributed by atoms with Gasteiger partial charge in [0, 0.05) is 44.1 Å². The van der Waals surface area contributed by atoms with Crippen molar-refractivity contribution < 1.29 is 18.0 Å². The molecule has 0 saturated carbocycles. The third-order valence-corrected chi connectivity index (χ3v) is 7.80. The zero-order chi connectivity index (χ0) is 32.4. The third-order valence-electron chi connectivity index (χ3n) is 7.40. The highest BCUT2D eigenvalue weighted by molar-refractivity contribution is 7.80. The second-order valence-electron chi connectivity index (χ2n) is 11.1. The lowest BCUT2D eigenvalue weighted by atomic mass is 10.0. The predicted molar refractivity (Wildman–Crippen MR) is 171 cm³/mol. The van der Waals surface area contributed by atoms with E-state index in [4.69, 9.17) is 17.5 Å². The number of nitriles is 1. The Morgan fingerprint density at radius 2 is 1.71 bits per heavy atom. The summed E-state index contributed by atoms with van der Waals surface area (Å²) in [4.78, 5) is 19.2. The standard InChI is InChI=1S/C34H35F3N6OS/c1-24(2)31(41-32(44)16-29-19-39-23-43(29)20-27-14-12-25(17-38)13-15-27)22-42(33(45)40-18-26-8-4-3-5-9-26)21-28-10-6-7-11-30(28)34(35,36)37/h3-15,19,23-24,31H,16,18,20-22H2,1-2H3,(H,40,45)(H,41,44)/t31-/m1/s1. The van der Waals surface area contributed by atoms with E-state index in [2.05, 4.69) is 21.7 Å². The van der Waals surface area contributed by atoms with Gasteiger partial charge in [-0.05, 0) is 53.0 Å². The molecule has 0 aliphatic carbocycles. The van der Waals surface area contributed by atoms with Crippen LogP contribution in [0.2, 0.25) is 0 Å². The number of halogens is 3. The van der Waals surface area contributed by atoms with Gasteiger partial charge in [-0.15, -0.1) is 0 Å². The summed E-state index contributed by atoms with van der Waals surface area (Å²) >= 11 is 5.71. The zero-order valence-electron chi connectivity index (χ0n) is 25.1. The van der Waals surface area contributed by atoms with Gasteiger partial charge < -0.3 is 20.1 Å². The van der Waals surface area contributed by atoms with E-state index in [1.165, 1.54) is 12.1 Å². The molecule has 1 atom stereocenters. The molecule has 1 heterocycles. The minimum absolute atomic E-state index is 0.0465. The van der Waals surface area contributed by atoms with Crippen molar-refractivity contribution in [3.05, 3.63) is 125 Å². The number of imidazole rings is 1. The molecule has 0 radical (unpaired) electrons. The topological polar surface area (TPSA) is 86.0 Å². The van der Waals surface area contributed by atoms with Crippen molar-refractivity contribution in [2.24, 2.45) is 5.92 Å². The molecule has 4 aromatic rings. The maximum atomic E-state index is 13.9. The number of hydrogen-bond acceptors (Lipinski definition) is 4. The Labute approximate surface area is 266 Å². The molecule has 3 aromatic carbocycles. The van der Waals surface area contributed by atoms with Crippen molar-refractivity contribution in [1.29, 1.82) is 5.26 Å². The first-order valence-corrected chi connectivity index (χ1v) is 14.9. The summed E-state index contributed by atoms with van der Waals surface area (Å²) in [5, 5.41) is 15.6. The van der Waals surface area contributed by atoms with Crippen molar-refractivity contribution in [2.45, 2.75) is 52.1 Å². The van der Waals surface area contributed by atoms with Crippen LogP contribution in [0, 0.1) is 17.2 Å². The lowest BCUT2D eigenvalue weighted by Crippen LogP contribution is -2.50. The minimum Gasteiger partial charge on any atom is -0.358 e. The molecule has 1 aromatic heterocycles. The van der Waals surface area contributed by atoms with Crippen LogP contribution in [-0.4, -0.2) is 38.1 Å². The molecule has 0 spiro atoms. The molecule has 0 fully saturated rings. The quantitative estimate of drug-likeness (QED) is 0.184. The summed E-state index contributed by atoms with van der Waals surface area (Å²) in [6, 6.07) is 23.9. The molecule has 0 saturated heterocycles. The van der Waals surface area contributed by atoms with E-state index in [9.17, 15) is 18.0 Å². The van der Waals surface area contributed by atoms with Gasteiger partial charge in [0.25, 0.3) is 0 Å². The highest BCUT2D eigenvalue weighted by Crippen LogP contribution is 2.32. The maximum absolute atomic E-state index is 13.9. The molecule has 11 heteroatoms. The second kappa shape index (κ2) is 15.3. The van der Waals surface area contributed by atoms with Crippen molar-refractivity contribution >= 4 is 23.2 Å². The largest absolute Gasteiger partial charge is 0.416 e. The Morgan fingerprint density at radius 3 is 2.38 bits per heavy atom. The number of carbonyl (C=O) groups excluding carboxylic acids is 1. The smallest absolute Gasteiger partial charge is 0.358 e. The molecule has 0 aliphatic heterocycles. The van der Waals surface area contributed by atoms with Gasteiger partial charge in [0.2, 0.25) is 5.91 Å². The van der Waals surface area contributed by atoms with Gasteiger partial charge in [0.15, 0.2) is 5.11 Å². The minimum atomic E-state index is -4.52. The van der Waals surface area contributed by atoms with Gasteiger partial charge in [0.1, 0.15) is 0 Å². The van der Waals surface area contributed by atoms with Crippen LogP contribution in [0.3, 0.4) is 0 Å². The molecule has 45 heavy (non-hydrogen) atoms. The van der Waals surface area contributed by atoms with Crippen LogP contribution in [0.1, 0.15) is 47.4 Å². The van der Waals surface area contributed by atoms with E-state index in [1.54, 1.807) is 35.6 Å². The number of nitrogens with zero attached hydrogens (tertiary/aromatic N) is 4. The fraction of sp³-hybridized carbons (Fsp3) is 0.294. The summed E-state index contributed by atoms with van der Waals surface area (Å²) in [5.74, 6) is -0.288. The van der Waals surface area contributed by atoms with E-state index in [-0.39, 0.29) is 42.0 Å². The number of thiocarbonyl (C=S) groups is 1. The Kier molecular flexibility index (Phi) is 11.3. The number of hydrogen-bond donors (Lipinski definition) is 2. The monoisotopic (exact) mass is 632 g/mol. The number of aromatic nitrogens is 2. The number of carbonyl (C=O) groups is 1. The van der Waals surface area contributed by atoms with Crippen molar-refractivity contribution in [3.8, 4) is 6.07 Å². The van der Waals surface area contributed by atoms with Crippen molar-refractivity contribution in [2.75, 3.05) is 6.54 Å². The van der Waals surface area contributed by atoms with Gasteiger partial charge in [-0.1, -0.05) is 74.5 Å². The van der Waals surface area contributed by atoms with E-state index in [0.717, 1.165) is 17.2 Å². The number of amides is 1. The lowest BCUT2D eigenvalue weighted by Gasteiger charge is -2.33. The summed E-state index contributed by atoms with van der Waals surface area (Å²) in [7, 11) is 0. The number of alkyl halides is 3. The number of nitrogens with one attached hydrogen (secondary N) is 2. The van der Waals surface area contributed by atoms with Gasteiger partial charge in [-0.25, -0.2) is 4.98 Å². The van der Waals surface area contributed by atoms with E-state index >= 15 is 0 Å². The molecule has 2 N–H and O–H groups in total. The Bertz CT molecular complexity index is 1610. The molecular formula is C34H35F3N6OS. The molecule has 0 aliphatic rings. The first-order valence-electron chi connectivity index (χ1n) is 14.5. The first kappa shape index (κ1) is 33.2. The third kappa shape index (κ3) is 9.65. The SMILES string of the molecule is CC(C)[C@@H](CN(Cc1ccccc1C(F)(F)F)C(=S)NCc1ccccc1)NC(=O)Cc1cncn1Cc1ccc(C#N)cc1. The van der Waals surface area contributed by atoms with Crippen LogP contribution in [0.15, 0.2) is 91.4 Å². The summed E-state index contributed by atoms with van der Waals surface area (Å²) < 4.78 is 43.5. The van der Waals surface area contributed by atoms with Crippen LogP contribution in [-0.2, 0) is 37.0 Å². The molecule has 1 amide bonds. The van der Waals surface area contributed by atoms with E-state index in [0.29, 0.717) is 24.3 Å². The summed E-state index contributed by atoms with van der Waals surface area (Å²) in [6.07, 6.45) is -1.17. The van der Waals surface area contributed by atoms with Crippen LogP contribution in [0.25, 0.3) is 0 Å². The number of benzene rings is 3. The zero-order valence-corrected chi connectivity index (χ0v) is 25.9. The van der Waals surface area contributed by atoms with Gasteiger partial charge in [0.05, 0.1) is 29.9 Å². The highest BCUT2D eigenvalue weighted by atomic mass is 32.1. The molecule has 234 valence electrons. The van der Waals surface area contributed by atoms with E-state index in [1.807, 2.05) is 60.9 Å². The lowest BCUT2D eigenvalue weighted by molar-refractivity contribution is -0.138. The Morgan fingerprint density at radius 1 is 1.02 bits per heavy atom. The molecule has 0 bridgehead atoms. The van der Waals surface area contributed by atoms with Gasteiger partial charge >= 0.3 is 6.18 Å². The van der Waals surface area contributed by atoms with Crippen molar-refractivity contribution in [3.63, 3.8) is 0 Å². The average Bonchev–Trinajstić information content (AvgIpc) is 3.45. The molecular weight excluding hydrogens is 597 g/mol. The highest BCUT2D eigenvalue weighted by Gasteiger charge is 2.34. The summed E-state index contributed by atoms with van der Waals surface area (Å²) in [5.41, 5.74) is 2.57. The normalized spacial score (nSPS) is 11.9. The Hall–Kier alpha value is -4.69. The molecule has 0 unspecified atom stereocenters. The van der Waals surface area contributed by atoms with Crippen LogP contribution >= 0.6 is 12.2 Å². The van der Waals surface area contributed by atoms with E-state index < -0.39 is 17.8 Å². The summed E-state index contributed by atoms with van der Waals surface area (Å²) in [6.45, 7) is 4.88. The average molecular weight is 633 g/mol.